The van der Waals surface area contributed by atoms with Crippen molar-refractivity contribution in [3.63, 3.8) is 0 Å². The van der Waals surface area contributed by atoms with Gasteiger partial charge in [-0.25, -0.2) is 18.4 Å². The number of imide groups is 2. The molecule has 0 spiro atoms. The van der Waals surface area contributed by atoms with Gasteiger partial charge in [0, 0.05) is 60.7 Å². The number of unbranched alkanes of at least 4 members (excludes halogenated alkanes) is 7. The first-order valence-electron chi connectivity index (χ1n) is 22.7. The number of fused-ring (bicyclic) bond motifs is 1. The highest BCUT2D eigenvalue weighted by atomic mass is 32.2. The molecule has 0 aliphatic carbocycles. The van der Waals surface area contributed by atoms with E-state index in [1.54, 1.807) is 24.4 Å². The molecule has 1 fully saturated rings. The zero-order valence-corrected chi connectivity index (χ0v) is 39.6. The molecular formula is C48H53N9O10S2. The zero-order valence-electron chi connectivity index (χ0n) is 38.0. The smallest absolute Gasteiger partial charge is 0.264 e. The van der Waals surface area contributed by atoms with Crippen LogP contribution in [-0.2, 0) is 29.2 Å². The molecule has 1 atom stereocenters. The standard InChI is InChI=1S/C48H53N9O10S2/c1-69(65,66)56-24-20-34(29-56)44(61)52-28-41(60)55-48-53-37(30-68-48)33-13-10-12-31(26-33)32-19-22-51-42(27-32)67-25-23-50-39(58)16-8-6-4-2-3-5-7-9-21-49-36-15-11-14-35-43(36)47(64)57(46(35)63)38-17-18-40(59)54-45(38)62/h10-15,19-20,22,24,26-27,29-30,38,49H,2-9,16-18,21,23,25,28H2,1H3,(H,50,58)(H,52,61)(H,53,55,60)(H,54,59,62). The van der Waals surface area contributed by atoms with E-state index in [0.717, 1.165) is 83.2 Å². The van der Waals surface area contributed by atoms with E-state index in [9.17, 15) is 42.0 Å². The highest BCUT2D eigenvalue weighted by Gasteiger charge is 2.45. The van der Waals surface area contributed by atoms with Gasteiger partial charge < -0.3 is 26.0 Å². The van der Waals surface area contributed by atoms with Crippen LogP contribution in [0.15, 0.2) is 84.6 Å². The summed E-state index contributed by atoms with van der Waals surface area (Å²) in [7, 11) is -3.54. The Labute approximate surface area is 402 Å². The first-order valence-corrected chi connectivity index (χ1v) is 25.4. The van der Waals surface area contributed by atoms with Crippen molar-refractivity contribution in [3.8, 4) is 28.3 Å². The predicted molar refractivity (Wildman–Crippen MR) is 258 cm³/mol. The van der Waals surface area contributed by atoms with Gasteiger partial charge in [-0.2, -0.15) is 0 Å². The molecule has 2 aliphatic rings. The second-order valence-corrected chi connectivity index (χ2v) is 19.4. The quantitative estimate of drug-likeness (QED) is 0.0386. The van der Waals surface area contributed by atoms with Crippen molar-refractivity contribution in [1.82, 2.24) is 34.8 Å². The van der Waals surface area contributed by atoms with Crippen LogP contribution in [0.25, 0.3) is 22.4 Å². The molecule has 0 radical (unpaired) electrons. The SMILES string of the molecule is CS(=O)(=O)n1ccc(C(=O)NCC(=O)Nc2nc(-c3cccc(-c4ccnc(OCCNC(=O)CCCCCCCCCCNc5cccc6c5C(=O)N(C5CCC(=O)NC5=O)C6=O)c4)c3)cs2)c1. The van der Waals surface area contributed by atoms with Gasteiger partial charge in [0.25, 0.3) is 17.7 Å². The summed E-state index contributed by atoms with van der Waals surface area (Å²) in [6.45, 7) is 0.878. The molecule has 3 aromatic heterocycles. The minimum Gasteiger partial charge on any atom is -0.476 e. The van der Waals surface area contributed by atoms with Gasteiger partial charge in [-0.05, 0) is 60.7 Å². The number of carbonyl (C=O) groups excluding carboxylic acids is 7. The molecular weight excluding hydrogens is 927 g/mol. The average Bonchev–Trinajstić information content (AvgIpc) is 4.09. The Bertz CT molecular complexity index is 2840. The number of amides is 7. The fraction of sp³-hybridized carbons (Fsp3) is 0.354. The van der Waals surface area contributed by atoms with Gasteiger partial charge >= 0.3 is 0 Å². The highest BCUT2D eigenvalue weighted by molar-refractivity contribution is 7.89. The number of ether oxygens (including phenoxy) is 1. The summed E-state index contributed by atoms with van der Waals surface area (Å²) in [5.41, 5.74) is 4.39. The Balaban J connectivity index is 0.731. The Morgan fingerprint density at radius 2 is 1.58 bits per heavy atom. The Morgan fingerprint density at radius 1 is 0.841 bits per heavy atom. The number of benzene rings is 2. The van der Waals surface area contributed by atoms with E-state index >= 15 is 0 Å². The number of aromatic nitrogens is 3. The van der Waals surface area contributed by atoms with E-state index in [-0.39, 0.29) is 48.6 Å². The lowest BCUT2D eigenvalue weighted by Gasteiger charge is -2.27. The van der Waals surface area contributed by atoms with E-state index in [1.165, 1.54) is 29.8 Å². The van der Waals surface area contributed by atoms with Crippen LogP contribution < -0.4 is 31.3 Å². The van der Waals surface area contributed by atoms with Gasteiger partial charge in [-0.15, -0.1) is 11.3 Å². The van der Waals surface area contributed by atoms with Crippen molar-refractivity contribution in [2.75, 3.05) is 43.1 Å². The molecule has 7 amide bonds. The first-order chi connectivity index (χ1) is 33.2. The molecule has 5 N–H and O–H groups in total. The van der Waals surface area contributed by atoms with Crippen LogP contribution in [0.5, 0.6) is 5.88 Å². The van der Waals surface area contributed by atoms with Crippen LogP contribution in [0.2, 0.25) is 0 Å². The molecule has 5 aromatic rings. The number of hydrogen-bond acceptors (Lipinski definition) is 14. The monoisotopic (exact) mass is 979 g/mol. The number of pyridine rings is 1. The lowest BCUT2D eigenvalue weighted by molar-refractivity contribution is -0.136. The van der Waals surface area contributed by atoms with E-state index in [2.05, 4.69) is 36.6 Å². The molecule has 21 heteroatoms. The third-order valence-electron chi connectivity index (χ3n) is 11.5. The molecule has 362 valence electrons. The molecule has 5 heterocycles. The maximum Gasteiger partial charge on any atom is 0.264 e. The summed E-state index contributed by atoms with van der Waals surface area (Å²) in [6.07, 6.45) is 13.6. The number of anilines is 2. The van der Waals surface area contributed by atoms with Crippen LogP contribution >= 0.6 is 11.3 Å². The van der Waals surface area contributed by atoms with Gasteiger partial charge in [-0.3, -0.25) is 47.8 Å². The third kappa shape index (κ3) is 13.3. The van der Waals surface area contributed by atoms with Crippen molar-refractivity contribution in [1.29, 1.82) is 0 Å². The molecule has 7 rings (SSSR count). The van der Waals surface area contributed by atoms with E-state index in [1.807, 2.05) is 41.8 Å². The average molecular weight is 980 g/mol. The number of thiazole rings is 1. The van der Waals surface area contributed by atoms with Crippen LogP contribution in [0.3, 0.4) is 0 Å². The van der Waals surface area contributed by atoms with Gasteiger partial charge in [0.15, 0.2) is 5.13 Å². The van der Waals surface area contributed by atoms with Crippen LogP contribution in [0.1, 0.15) is 102 Å². The molecule has 1 unspecified atom stereocenters. The molecule has 0 saturated carbocycles. The Kier molecular flexibility index (Phi) is 16.7. The minimum absolute atomic E-state index is 0.0281. The van der Waals surface area contributed by atoms with Crippen LogP contribution in [-0.4, -0.2) is 107 Å². The number of carbonyl (C=O) groups is 7. The van der Waals surface area contributed by atoms with Gasteiger partial charge in [0.1, 0.15) is 12.6 Å². The summed E-state index contributed by atoms with van der Waals surface area (Å²) in [5.74, 6) is -2.79. The summed E-state index contributed by atoms with van der Waals surface area (Å²) in [4.78, 5) is 97.6. The molecule has 19 nitrogen and oxygen atoms in total. The summed E-state index contributed by atoms with van der Waals surface area (Å²) < 4.78 is 30.1. The second-order valence-electron chi connectivity index (χ2n) is 16.6. The third-order valence-corrected chi connectivity index (χ3v) is 13.2. The van der Waals surface area contributed by atoms with E-state index < -0.39 is 51.5 Å². The fourth-order valence-corrected chi connectivity index (χ4v) is 9.25. The summed E-state index contributed by atoms with van der Waals surface area (Å²) in [6, 6.07) is 16.8. The molecule has 0 bridgehead atoms. The molecule has 1 saturated heterocycles. The first kappa shape index (κ1) is 49.6. The van der Waals surface area contributed by atoms with Crippen molar-refractivity contribution in [3.05, 3.63) is 101 Å². The molecule has 2 aromatic carbocycles. The van der Waals surface area contributed by atoms with Gasteiger partial charge in [-0.1, -0.05) is 62.8 Å². The van der Waals surface area contributed by atoms with E-state index in [0.29, 0.717) is 41.9 Å². The van der Waals surface area contributed by atoms with Crippen molar-refractivity contribution < 1.29 is 46.7 Å². The number of piperidine rings is 1. The number of nitrogens with zero attached hydrogens (tertiary/aromatic N) is 4. The van der Waals surface area contributed by atoms with Crippen molar-refractivity contribution in [2.24, 2.45) is 0 Å². The molecule has 69 heavy (non-hydrogen) atoms. The zero-order chi connectivity index (χ0) is 48.9. The maximum absolute atomic E-state index is 13.3. The fourth-order valence-electron chi connectivity index (χ4n) is 7.92. The Hall–Kier alpha value is -7.26. The number of rotatable bonds is 24. The van der Waals surface area contributed by atoms with Crippen LogP contribution in [0.4, 0.5) is 10.8 Å². The van der Waals surface area contributed by atoms with E-state index in [4.69, 9.17) is 4.74 Å². The van der Waals surface area contributed by atoms with Gasteiger partial charge in [0.2, 0.25) is 39.5 Å². The number of hydrogen-bond donors (Lipinski definition) is 5. The maximum atomic E-state index is 13.3. The van der Waals surface area contributed by atoms with Gasteiger partial charge in [0.05, 0.1) is 41.7 Å². The normalized spacial score (nSPS) is 14.6. The van der Waals surface area contributed by atoms with Crippen molar-refractivity contribution >= 4 is 73.5 Å². The molecule has 2 aliphatic heterocycles. The highest BCUT2D eigenvalue weighted by Crippen LogP contribution is 2.33. The minimum atomic E-state index is -3.54. The largest absolute Gasteiger partial charge is 0.476 e. The summed E-state index contributed by atoms with van der Waals surface area (Å²) >= 11 is 1.23. The number of nitrogens with one attached hydrogen (secondary N) is 5. The van der Waals surface area contributed by atoms with Crippen molar-refractivity contribution in [2.45, 2.75) is 76.7 Å². The second kappa shape index (κ2) is 23.2. The predicted octanol–water partition coefficient (Wildman–Crippen LogP) is 5.37. The lowest BCUT2D eigenvalue weighted by atomic mass is 10.0. The Morgan fingerprint density at radius 3 is 2.35 bits per heavy atom. The summed E-state index contributed by atoms with van der Waals surface area (Å²) in [5, 5.41) is 15.7. The topological polar surface area (TPSA) is 257 Å². The lowest BCUT2D eigenvalue weighted by Crippen LogP contribution is -2.54. The van der Waals surface area contributed by atoms with Crippen LogP contribution in [0, 0.1) is 0 Å².